The third-order valence-corrected chi connectivity index (χ3v) is 4.53. The molecule has 0 aliphatic carbocycles. The average molecular weight is 315 g/mol. The quantitative estimate of drug-likeness (QED) is 0.813. The first kappa shape index (κ1) is 10.5. The number of benzene rings is 1. The summed E-state index contributed by atoms with van der Waals surface area (Å²) in [6.45, 7) is 0. The van der Waals surface area contributed by atoms with Gasteiger partial charge in [-0.3, -0.25) is 0 Å². The van der Waals surface area contributed by atoms with Crippen molar-refractivity contribution in [3.8, 4) is 0 Å². The van der Waals surface area contributed by atoms with E-state index < -0.39 is 29.8 Å². The highest BCUT2D eigenvalue weighted by Crippen LogP contribution is 2.23. The maximum absolute atomic E-state index is 10.9. The fourth-order valence-electron chi connectivity index (χ4n) is 0.803. The molecule has 0 aliphatic heterocycles. The lowest BCUT2D eigenvalue weighted by Gasteiger charge is -1.98. The summed E-state index contributed by atoms with van der Waals surface area (Å²) in [5.41, 5.74) is 0. The van der Waals surface area contributed by atoms with Gasteiger partial charge in [-0.25, -0.2) is 19.7 Å². The zero-order valence-corrected chi connectivity index (χ0v) is 9.28. The molecule has 1 aromatic rings. The molecular formula is C6H6INO4S. The van der Waals surface area contributed by atoms with Crippen molar-refractivity contribution in [1.29, 1.82) is 0 Å². The van der Waals surface area contributed by atoms with Gasteiger partial charge in [0.1, 0.15) is 4.90 Å². The minimum Gasteiger partial charge on any atom is -0.230 e. The number of rotatable bonds is 2. The second-order valence-corrected chi connectivity index (χ2v) is 6.13. The number of sulfonamides is 1. The van der Waals surface area contributed by atoms with E-state index in [1.165, 1.54) is 24.3 Å². The van der Waals surface area contributed by atoms with Crippen molar-refractivity contribution in [2.75, 3.05) is 0 Å². The van der Waals surface area contributed by atoms with Crippen LogP contribution in [0.1, 0.15) is 0 Å². The molecule has 0 saturated heterocycles. The monoisotopic (exact) mass is 315 g/mol. The highest BCUT2D eigenvalue weighted by molar-refractivity contribution is 14.2. The van der Waals surface area contributed by atoms with Crippen LogP contribution in [0.15, 0.2) is 29.2 Å². The molecule has 13 heavy (non-hydrogen) atoms. The molecule has 0 aromatic heterocycles. The topological polar surface area (TPSA) is 94.3 Å². The van der Waals surface area contributed by atoms with E-state index in [4.69, 9.17) is 5.14 Å². The molecule has 2 N–H and O–H groups in total. The second-order valence-electron chi connectivity index (χ2n) is 2.19. The first-order chi connectivity index (χ1) is 5.93. The van der Waals surface area contributed by atoms with Crippen molar-refractivity contribution in [2.24, 2.45) is 5.14 Å². The van der Waals surface area contributed by atoms with E-state index >= 15 is 0 Å². The summed E-state index contributed by atoms with van der Waals surface area (Å²) in [5, 5.41) is 4.81. The smallest absolute Gasteiger partial charge is 0.230 e. The Balaban J connectivity index is 3.55. The number of nitrogens with two attached hydrogens (primary N) is 1. The van der Waals surface area contributed by atoms with Crippen LogP contribution in [0.5, 0.6) is 0 Å². The molecular weight excluding hydrogens is 309 g/mol. The molecule has 1 rings (SSSR count). The van der Waals surface area contributed by atoms with Crippen LogP contribution in [0, 0.1) is 3.57 Å². The van der Waals surface area contributed by atoms with Crippen molar-refractivity contribution in [2.45, 2.75) is 4.90 Å². The predicted octanol–water partition coefficient (Wildman–Crippen LogP) is 0.701. The van der Waals surface area contributed by atoms with Gasteiger partial charge in [0, 0.05) is 0 Å². The fraction of sp³-hybridized carbons (Fsp3) is 0. The van der Waals surface area contributed by atoms with E-state index in [1.807, 2.05) is 0 Å². The molecule has 1 aromatic carbocycles. The van der Waals surface area contributed by atoms with Crippen LogP contribution in [0.2, 0.25) is 0 Å². The normalized spacial score (nSPS) is 11.8. The molecule has 0 radical (unpaired) electrons. The van der Waals surface area contributed by atoms with Crippen LogP contribution in [0.3, 0.4) is 0 Å². The Kier molecular flexibility index (Phi) is 2.98. The predicted molar refractivity (Wildman–Crippen MR) is 51.9 cm³/mol. The van der Waals surface area contributed by atoms with Crippen LogP contribution in [0.25, 0.3) is 0 Å². The summed E-state index contributed by atoms with van der Waals surface area (Å²) in [6.07, 6.45) is 0. The lowest BCUT2D eigenvalue weighted by Crippen LogP contribution is -2.13. The van der Waals surface area contributed by atoms with Crippen LogP contribution < -0.4 is 5.14 Å². The molecule has 0 heterocycles. The Morgan fingerprint density at radius 3 is 2.08 bits per heavy atom. The first-order valence-corrected chi connectivity index (χ1v) is 7.48. The zero-order valence-electron chi connectivity index (χ0n) is 6.31. The first-order valence-electron chi connectivity index (χ1n) is 3.10. The molecule has 0 amide bonds. The molecule has 7 heteroatoms. The largest absolute Gasteiger partial charge is 0.342 e. The van der Waals surface area contributed by atoms with Crippen LogP contribution in [0.4, 0.5) is 0 Å². The molecule has 0 fully saturated rings. The van der Waals surface area contributed by atoms with Gasteiger partial charge in [-0.15, -0.1) is 0 Å². The molecule has 0 saturated carbocycles. The Hall–Kier alpha value is -0.540. The van der Waals surface area contributed by atoms with E-state index in [-0.39, 0.29) is 8.47 Å². The van der Waals surface area contributed by atoms with Crippen molar-refractivity contribution < 1.29 is 14.6 Å². The van der Waals surface area contributed by atoms with Gasteiger partial charge in [-0.05, 0) is 12.1 Å². The van der Waals surface area contributed by atoms with Gasteiger partial charge in [0.2, 0.25) is 10.0 Å². The molecule has 0 spiro atoms. The van der Waals surface area contributed by atoms with E-state index in [1.54, 1.807) is 0 Å². The van der Waals surface area contributed by atoms with E-state index in [0.717, 1.165) is 0 Å². The minimum atomic E-state index is -3.94. The maximum atomic E-state index is 10.9. The summed E-state index contributed by atoms with van der Waals surface area (Å²) in [6, 6.07) is 5.27. The third-order valence-electron chi connectivity index (χ3n) is 1.31. The van der Waals surface area contributed by atoms with Gasteiger partial charge in [0.15, 0.2) is 0 Å². The summed E-state index contributed by atoms with van der Waals surface area (Å²) in [4.78, 5) is -0.329. The SMILES string of the molecule is NS(=O)(=O)c1ccccc1I(=O)=O. The number of hydrogen-bond donors (Lipinski definition) is 1. The average Bonchev–Trinajstić information content (AvgIpc) is 2.03. The zero-order chi connectivity index (χ0) is 10.1. The molecule has 0 atom stereocenters. The standard InChI is InChI=1S/C6H6INO4S/c8-13(11,12)6-4-2-1-3-5(6)7(9)10/h1-4H,(H2,8,11,12). The lowest BCUT2D eigenvalue weighted by molar-refractivity contribution is 0.595. The summed E-state index contributed by atoms with van der Waals surface area (Å²) in [7, 11) is -3.94. The fourth-order valence-corrected chi connectivity index (χ4v) is 3.87. The highest BCUT2D eigenvalue weighted by Gasteiger charge is 2.15. The highest BCUT2D eigenvalue weighted by atomic mass is 127. The van der Waals surface area contributed by atoms with Crippen LogP contribution in [-0.2, 0) is 16.2 Å². The molecule has 72 valence electrons. The van der Waals surface area contributed by atoms with Crippen molar-refractivity contribution in [3.05, 3.63) is 27.8 Å². The Morgan fingerprint density at radius 1 is 1.15 bits per heavy atom. The van der Waals surface area contributed by atoms with Gasteiger partial charge in [-0.1, -0.05) is 12.1 Å². The van der Waals surface area contributed by atoms with E-state index in [9.17, 15) is 14.6 Å². The van der Waals surface area contributed by atoms with Gasteiger partial charge in [-0.2, -0.15) is 0 Å². The second kappa shape index (κ2) is 3.68. The van der Waals surface area contributed by atoms with Crippen LogP contribution in [-0.4, -0.2) is 8.42 Å². The third kappa shape index (κ3) is 2.45. The van der Waals surface area contributed by atoms with Gasteiger partial charge in [0.25, 0.3) is 0 Å². The Bertz CT molecular complexity index is 483. The van der Waals surface area contributed by atoms with Gasteiger partial charge in [0.05, 0.1) is 3.57 Å². The van der Waals surface area contributed by atoms with Crippen molar-refractivity contribution in [1.82, 2.24) is 0 Å². The Labute approximate surface area is 82.1 Å². The summed E-state index contributed by atoms with van der Waals surface area (Å²) >= 11 is -3.79. The Morgan fingerprint density at radius 2 is 1.69 bits per heavy atom. The molecule has 5 nitrogen and oxygen atoms in total. The summed E-state index contributed by atoms with van der Waals surface area (Å²) < 4.78 is 42.9. The van der Waals surface area contributed by atoms with E-state index in [2.05, 4.69) is 0 Å². The van der Waals surface area contributed by atoms with Crippen molar-refractivity contribution in [3.63, 3.8) is 0 Å². The number of primary sulfonamides is 1. The van der Waals surface area contributed by atoms with Gasteiger partial charge >= 0.3 is 19.8 Å². The minimum absolute atomic E-state index is 0.186. The lowest BCUT2D eigenvalue weighted by atomic mass is 10.4. The van der Waals surface area contributed by atoms with E-state index in [0.29, 0.717) is 0 Å². The van der Waals surface area contributed by atoms with Crippen molar-refractivity contribution >= 4 is 29.8 Å². The molecule has 0 unspecified atom stereocenters. The summed E-state index contributed by atoms with van der Waals surface area (Å²) in [5.74, 6) is 0. The van der Waals surface area contributed by atoms with Crippen LogP contribution >= 0.6 is 19.8 Å². The molecule has 0 bridgehead atoms. The number of hydrogen-bond acceptors (Lipinski definition) is 4. The number of halogens is 1. The van der Waals surface area contributed by atoms with Gasteiger partial charge < -0.3 is 0 Å². The molecule has 0 aliphatic rings. The maximum Gasteiger partial charge on any atom is 0.342 e.